The molecule has 0 unspecified atom stereocenters. The molecule has 0 atom stereocenters. The van der Waals surface area contributed by atoms with Gasteiger partial charge in [0, 0.05) is 6.42 Å². The van der Waals surface area contributed by atoms with Crippen molar-refractivity contribution >= 4 is 8.40 Å². The maximum atomic E-state index is 13.9. The molecule has 0 aromatic heterocycles. The molecule has 0 aromatic carbocycles. The molecule has 0 amide bonds. The lowest BCUT2D eigenvalue weighted by Crippen LogP contribution is -2.75. The van der Waals surface area contributed by atoms with Gasteiger partial charge in [-0.05, 0) is 12.1 Å². The molecule has 22 heteroatoms. The van der Waals surface area contributed by atoms with Crippen molar-refractivity contribution in [3.8, 4) is 0 Å². The Morgan fingerprint density at radius 1 is 0.447 bits per heavy atom. The van der Waals surface area contributed by atoms with E-state index in [4.69, 9.17) is 10.8 Å². The van der Waals surface area contributed by atoms with E-state index in [0.29, 0.717) is 12.8 Å². The van der Waals surface area contributed by atoms with Crippen molar-refractivity contribution < 1.29 is 83.4 Å². The lowest BCUT2D eigenvalue weighted by Gasteiger charge is -2.44. The first-order chi connectivity index (χ1) is 16.3. The quantitative estimate of drug-likeness (QED) is 0.119. The van der Waals surface area contributed by atoms with Gasteiger partial charge < -0.3 is 10.8 Å². The molecule has 38 heavy (non-hydrogen) atoms. The summed E-state index contributed by atoms with van der Waals surface area (Å²) < 4.78 is 252. The Bertz CT molecular complexity index is 805. The lowest BCUT2D eigenvalue weighted by atomic mass is 9.87. The van der Waals surface area contributed by atoms with Gasteiger partial charge in [0.1, 0.15) is 0 Å². The summed E-state index contributed by atoms with van der Waals surface area (Å²) in [7, 11) is -3.97. The summed E-state index contributed by atoms with van der Waals surface area (Å²) in [5.74, 6) is -66.4. The van der Waals surface area contributed by atoms with Gasteiger partial charge in [-0.1, -0.05) is 26.2 Å². The van der Waals surface area contributed by atoms with Crippen molar-refractivity contribution in [2.45, 2.75) is 98.3 Å². The van der Waals surface area contributed by atoms with Crippen molar-refractivity contribution in [2.24, 2.45) is 10.8 Å². The highest BCUT2D eigenvalue weighted by Gasteiger charge is 2.96. The molecular formula is C16H19F19N2Si. The second-order valence-corrected chi connectivity index (χ2v) is 11.9. The largest absolute Gasteiger partial charge is 0.460 e. The highest BCUT2D eigenvalue weighted by Crippen LogP contribution is 2.65. The monoisotopic (exact) mass is 628 g/mol. The van der Waals surface area contributed by atoms with E-state index in [-0.39, 0.29) is 12.5 Å². The molecule has 0 aliphatic heterocycles. The highest BCUT2D eigenvalue weighted by molar-refractivity contribution is 6.73. The Morgan fingerprint density at radius 3 is 1.08 bits per heavy atom. The zero-order valence-corrected chi connectivity index (χ0v) is 19.6. The van der Waals surface area contributed by atoms with Gasteiger partial charge in [-0.15, -0.1) is 0 Å². The van der Waals surface area contributed by atoms with Crippen LogP contribution < -0.4 is 10.8 Å². The standard InChI is InChI=1S/C16H19F19N2Si/c1-2-3-4-6-38(36,37)7-5-8(17,18)9(19,20)10(21,22)11(23,24)12(25,26)13(27,28)14(29,30)15(31,32)16(33,34)35/h2-7,36-37H2,1H3. The molecule has 0 aliphatic carbocycles. The van der Waals surface area contributed by atoms with E-state index in [1.165, 1.54) is 0 Å². The zero-order chi connectivity index (χ0) is 31.2. The summed E-state index contributed by atoms with van der Waals surface area (Å²) in [4.78, 5) is 0. The van der Waals surface area contributed by atoms with Gasteiger partial charge in [-0.3, -0.25) is 0 Å². The van der Waals surface area contributed by atoms with Crippen LogP contribution in [0.1, 0.15) is 32.6 Å². The van der Waals surface area contributed by atoms with Crippen LogP contribution in [0.4, 0.5) is 83.4 Å². The number of hydrogen-bond acceptors (Lipinski definition) is 2. The molecule has 0 saturated carbocycles. The number of hydrogen-bond donors (Lipinski definition) is 2. The Hall–Kier alpha value is -1.19. The molecule has 0 spiro atoms. The smallest absolute Gasteiger partial charge is 0.339 e. The minimum Gasteiger partial charge on any atom is -0.339 e. The molecular weight excluding hydrogens is 609 g/mol. The summed E-state index contributed by atoms with van der Waals surface area (Å²) >= 11 is 0. The molecule has 0 fully saturated rings. The van der Waals surface area contributed by atoms with Crippen LogP contribution in [0.25, 0.3) is 0 Å². The number of rotatable bonds is 14. The van der Waals surface area contributed by atoms with E-state index < -0.39 is 74.4 Å². The van der Waals surface area contributed by atoms with Crippen LogP contribution in [-0.4, -0.2) is 62.0 Å². The third-order valence-corrected chi connectivity index (χ3v) is 7.80. The van der Waals surface area contributed by atoms with E-state index >= 15 is 0 Å². The predicted molar refractivity (Wildman–Crippen MR) is 93.5 cm³/mol. The fourth-order valence-electron chi connectivity index (χ4n) is 2.77. The van der Waals surface area contributed by atoms with E-state index in [2.05, 4.69) is 0 Å². The molecule has 0 aliphatic rings. The van der Waals surface area contributed by atoms with Crippen molar-refractivity contribution in [3.63, 3.8) is 0 Å². The van der Waals surface area contributed by atoms with E-state index in [1.54, 1.807) is 6.92 Å². The number of nitrogens with two attached hydrogens (primary N) is 2. The number of alkyl halides is 19. The average Bonchev–Trinajstić information content (AvgIpc) is 2.70. The van der Waals surface area contributed by atoms with Gasteiger partial charge >= 0.3 is 53.6 Å². The second-order valence-electron chi connectivity index (χ2n) is 8.41. The fraction of sp³-hybridized carbons (Fsp3) is 1.00. The topological polar surface area (TPSA) is 52.0 Å². The average molecular weight is 628 g/mol. The van der Waals surface area contributed by atoms with Crippen LogP contribution >= 0.6 is 0 Å². The van der Waals surface area contributed by atoms with Crippen molar-refractivity contribution in [3.05, 3.63) is 0 Å². The number of halogens is 19. The van der Waals surface area contributed by atoms with Crippen LogP contribution in [0.5, 0.6) is 0 Å². The normalized spacial score (nSPS) is 16.3. The molecule has 4 N–H and O–H groups in total. The fourth-order valence-corrected chi connectivity index (χ4v) is 4.71. The van der Waals surface area contributed by atoms with Crippen LogP contribution in [-0.2, 0) is 0 Å². The zero-order valence-electron chi connectivity index (χ0n) is 18.6. The molecule has 230 valence electrons. The first kappa shape index (κ1) is 36.8. The van der Waals surface area contributed by atoms with Gasteiger partial charge in [0.25, 0.3) is 0 Å². The molecule has 2 nitrogen and oxygen atoms in total. The van der Waals surface area contributed by atoms with Crippen molar-refractivity contribution in [1.29, 1.82) is 0 Å². The SMILES string of the molecule is CCCCC[Si](N)(N)CCC(F)(F)C(F)(F)C(F)(F)C(F)(F)C(F)(F)C(F)(F)C(F)(F)C(F)(F)C(F)(F)F. The Labute approximate surface area is 202 Å². The molecule has 0 saturated heterocycles. The molecule has 0 heterocycles. The van der Waals surface area contributed by atoms with Gasteiger partial charge in [-0.25, -0.2) is 0 Å². The van der Waals surface area contributed by atoms with Gasteiger partial charge in [-0.2, -0.15) is 83.4 Å². The van der Waals surface area contributed by atoms with E-state index in [0.717, 1.165) is 0 Å². The van der Waals surface area contributed by atoms with Gasteiger partial charge in [0.05, 0.1) is 0 Å². The maximum Gasteiger partial charge on any atom is 0.460 e. The highest BCUT2D eigenvalue weighted by atomic mass is 28.3. The molecule has 0 radical (unpaired) electrons. The third kappa shape index (κ3) is 5.66. The summed E-state index contributed by atoms with van der Waals surface area (Å²) in [6.45, 7) is 1.62. The Kier molecular flexibility index (Phi) is 10.0. The number of unbranched alkanes of at least 4 members (excludes halogenated alkanes) is 2. The summed E-state index contributed by atoms with van der Waals surface area (Å²) in [5.41, 5.74) is 0. The Balaban J connectivity index is 6.53. The first-order valence-corrected chi connectivity index (χ1v) is 12.5. The summed E-state index contributed by atoms with van der Waals surface area (Å²) in [5, 5.41) is 10.8. The summed E-state index contributed by atoms with van der Waals surface area (Å²) in [6.07, 6.45) is -9.64. The maximum absolute atomic E-state index is 13.9. The van der Waals surface area contributed by atoms with Crippen molar-refractivity contribution in [1.82, 2.24) is 0 Å². The van der Waals surface area contributed by atoms with E-state index in [1.807, 2.05) is 0 Å². The minimum atomic E-state index is -8.92. The lowest BCUT2D eigenvalue weighted by molar-refractivity contribution is -0.468. The Morgan fingerprint density at radius 2 is 0.763 bits per heavy atom. The minimum absolute atomic E-state index is 0.0873. The molecule has 0 aromatic rings. The van der Waals surface area contributed by atoms with Gasteiger partial charge in [0.2, 0.25) is 0 Å². The van der Waals surface area contributed by atoms with Crippen LogP contribution in [0.2, 0.25) is 12.1 Å². The second kappa shape index (κ2) is 10.3. The first-order valence-electron chi connectivity index (χ1n) is 9.94. The van der Waals surface area contributed by atoms with E-state index in [9.17, 15) is 83.4 Å². The predicted octanol–water partition coefficient (Wildman–Crippen LogP) is 7.57. The van der Waals surface area contributed by atoms with Crippen LogP contribution in [0, 0.1) is 0 Å². The van der Waals surface area contributed by atoms with Crippen molar-refractivity contribution in [2.75, 3.05) is 0 Å². The van der Waals surface area contributed by atoms with Gasteiger partial charge in [0.15, 0.2) is 8.40 Å². The van der Waals surface area contributed by atoms with Crippen LogP contribution in [0.3, 0.4) is 0 Å². The molecule has 0 bridgehead atoms. The summed E-state index contributed by atoms with van der Waals surface area (Å²) in [6, 6.07) is -1.81. The molecule has 0 rings (SSSR count). The van der Waals surface area contributed by atoms with Crippen LogP contribution in [0.15, 0.2) is 0 Å². The third-order valence-electron chi connectivity index (χ3n) is 5.33.